The fourth-order valence-corrected chi connectivity index (χ4v) is 2.90. The summed E-state index contributed by atoms with van der Waals surface area (Å²) in [5.74, 6) is 0.171. The Labute approximate surface area is 127 Å². The van der Waals surface area contributed by atoms with Crippen molar-refractivity contribution in [3.05, 3.63) is 51.4 Å². The molecule has 0 saturated heterocycles. The average molecular weight is 307 g/mol. The number of benzene rings is 1. The Hall–Kier alpha value is -1.39. The van der Waals surface area contributed by atoms with Crippen LogP contribution in [-0.2, 0) is 17.8 Å². The predicted molar refractivity (Wildman–Crippen MR) is 80.8 cm³/mol. The molecular weight excluding hydrogens is 292 g/mol. The molecule has 1 aromatic carbocycles. The highest BCUT2D eigenvalue weighted by Crippen LogP contribution is 2.29. The molecular formula is C15H15ClN2OS. The molecule has 20 heavy (non-hydrogen) atoms. The van der Waals surface area contributed by atoms with Crippen LogP contribution in [0, 0.1) is 0 Å². The monoisotopic (exact) mass is 306 g/mol. The summed E-state index contributed by atoms with van der Waals surface area (Å²) < 4.78 is 0. The van der Waals surface area contributed by atoms with E-state index in [2.05, 4.69) is 4.98 Å². The average Bonchev–Trinajstić information content (AvgIpc) is 3.15. The molecule has 1 saturated carbocycles. The fraction of sp³-hybridized carbons (Fsp3) is 0.333. The smallest absolute Gasteiger partial charge is 0.227 e. The number of rotatable bonds is 5. The summed E-state index contributed by atoms with van der Waals surface area (Å²) in [4.78, 5) is 18.7. The molecule has 5 heteroatoms. The lowest BCUT2D eigenvalue weighted by atomic mass is 10.1. The van der Waals surface area contributed by atoms with Crippen LogP contribution in [0.2, 0.25) is 5.02 Å². The van der Waals surface area contributed by atoms with Gasteiger partial charge >= 0.3 is 0 Å². The molecule has 2 aromatic rings. The van der Waals surface area contributed by atoms with Gasteiger partial charge in [-0.05, 0) is 30.5 Å². The molecule has 3 nitrogen and oxygen atoms in total. The summed E-state index contributed by atoms with van der Waals surface area (Å²) in [7, 11) is 0. The van der Waals surface area contributed by atoms with E-state index >= 15 is 0 Å². The Kier molecular flexibility index (Phi) is 4.03. The molecule has 0 atom stereocenters. The SMILES string of the molecule is O=C(Cc1ccc(Cl)cc1)N(Cc1nccs1)C1CC1. The highest BCUT2D eigenvalue weighted by atomic mass is 35.5. The van der Waals surface area contributed by atoms with Crippen LogP contribution >= 0.6 is 22.9 Å². The van der Waals surface area contributed by atoms with Gasteiger partial charge in [-0.2, -0.15) is 0 Å². The lowest BCUT2D eigenvalue weighted by molar-refractivity contribution is -0.131. The quantitative estimate of drug-likeness (QED) is 0.846. The second-order valence-electron chi connectivity index (χ2n) is 4.98. The van der Waals surface area contributed by atoms with E-state index in [4.69, 9.17) is 11.6 Å². The van der Waals surface area contributed by atoms with Crippen molar-refractivity contribution < 1.29 is 4.79 Å². The summed E-state index contributed by atoms with van der Waals surface area (Å²) in [5.41, 5.74) is 1.00. The van der Waals surface area contributed by atoms with Gasteiger partial charge in [-0.25, -0.2) is 4.98 Å². The van der Waals surface area contributed by atoms with Gasteiger partial charge in [0.05, 0.1) is 13.0 Å². The molecule has 1 amide bonds. The molecule has 0 N–H and O–H groups in total. The molecule has 1 heterocycles. The van der Waals surface area contributed by atoms with E-state index in [1.54, 1.807) is 17.5 Å². The van der Waals surface area contributed by atoms with Crippen LogP contribution < -0.4 is 0 Å². The Morgan fingerprint density at radius 1 is 1.35 bits per heavy atom. The largest absolute Gasteiger partial charge is 0.333 e. The van der Waals surface area contributed by atoms with Gasteiger partial charge in [0.1, 0.15) is 5.01 Å². The van der Waals surface area contributed by atoms with Crippen LogP contribution in [0.3, 0.4) is 0 Å². The lowest BCUT2D eigenvalue weighted by Gasteiger charge is -2.21. The number of amides is 1. The molecule has 1 aliphatic carbocycles. The molecule has 1 fully saturated rings. The van der Waals surface area contributed by atoms with Crippen LogP contribution in [0.25, 0.3) is 0 Å². The van der Waals surface area contributed by atoms with Gasteiger partial charge in [-0.3, -0.25) is 4.79 Å². The van der Waals surface area contributed by atoms with Gasteiger partial charge in [0, 0.05) is 22.6 Å². The van der Waals surface area contributed by atoms with Gasteiger partial charge in [-0.1, -0.05) is 23.7 Å². The zero-order chi connectivity index (χ0) is 13.9. The molecule has 0 bridgehead atoms. The zero-order valence-electron chi connectivity index (χ0n) is 11.0. The van der Waals surface area contributed by atoms with E-state index in [0.29, 0.717) is 24.0 Å². The van der Waals surface area contributed by atoms with Crippen molar-refractivity contribution in [3.8, 4) is 0 Å². The van der Waals surface area contributed by atoms with E-state index in [9.17, 15) is 4.79 Å². The van der Waals surface area contributed by atoms with E-state index < -0.39 is 0 Å². The molecule has 104 valence electrons. The van der Waals surface area contributed by atoms with Crippen molar-refractivity contribution in [1.82, 2.24) is 9.88 Å². The summed E-state index contributed by atoms with van der Waals surface area (Å²) in [6.45, 7) is 0.634. The van der Waals surface area contributed by atoms with E-state index in [-0.39, 0.29) is 5.91 Å². The topological polar surface area (TPSA) is 33.2 Å². The maximum Gasteiger partial charge on any atom is 0.227 e. The van der Waals surface area contributed by atoms with Crippen LogP contribution in [0.15, 0.2) is 35.8 Å². The third-order valence-electron chi connectivity index (χ3n) is 3.37. The number of carbonyl (C=O) groups excluding carboxylic acids is 1. The first-order chi connectivity index (χ1) is 9.72. The van der Waals surface area contributed by atoms with E-state index in [0.717, 1.165) is 23.4 Å². The maximum atomic E-state index is 12.5. The van der Waals surface area contributed by atoms with Gasteiger partial charge in [0.15, 0.2) is 0 Å². The molecule has 0 unspecified atom stereocenters. The minimum Gasteiger partial charge on any atom is -0.333 e. The summed E-state index contributed by atoms with van der Waals surface area (Å²) in [6, 6.07) is 7.88. The Balaban J connectivity index is 1.67. The normalized spacial score (nSPS) is 14.2. The van der Waals surface area contributed by atoms with Crippen LogP contribution in [-0.4, -0.2) is 21.8 Å². The second-order valence-corrected chi connectivity index (χ2v) is 6.40. The van der Waals surface area contributed by atoms with Gasteiger partial charge in [0.25, 0.3) is 0 Å². The number of halogens is 1. The predicted octanol–water partition coefficient (Wildman–Crippen LogP) is 3.53. The number of hydrogen-bond donors (Lipinski definition) is 0. The van der Waals surface area contributed by atoms with Crippen LogP contribution in [0.5, 0.6) is 0 Å². The van der Waals surface area contributed by atoms with Crippen molar-refractivity contribution in [2.24, 2.45) is 0 Å². The minimum atomic E-state index is 0.171. The second kappa shape index (κ2) is 5.94. The number of nitrogens with zero attached hydrogens (tertiary/aromatic N) is 2. The zero-order valence-corrected chi connectivity index (χ0v) is 12.5. The standard InChI is InChI=1S/C15H15ClN2OS/c16-12-3-1-11(2-4-12)9-15(19)18(13-5-6-13)10-14-17-7-8-20-14/h1-4,7-8,13H,5-6,9-10H2. The Bertz CT molecular complexity index is 578. The van der Waals surface area contributed by atoms with E-state index in [1.165, 1.54) is 0 Å². The number of carbonyl (C=O) groups is 1. The molecule has 1 aliphatic rings. The molecule has 0 spiro atoms. The van der Waals surface area contributed by atoms with Crippen molar-refractivity contribution in [1.29, 1.82) is 0 Å². The number of aromatic nitrogens is 1. The van der Waals surface area contributed by atoms with Crippen LogP contribution in [0.1, 0.15) is 23.4 Å². The van der Waals surface area contributed by atoms with Gasteiger partial charge in [-0.15, -0.1) is 11.3 Å². The lowest BCUT2D eigenvalue weighted by Crippen LogP contribution is -2.33. The van der Waals surface area contributed by atoms with Gasteiger partial charge < -0.3 is 4.90 Å². The number of hydrogen-bond acceptors (Lipinski definition) is 3. The Morgan fingerprint density at radius 3 is 2.70 bits per heavy atom. The third-order valence-corrected chi connectivity index (χ3v) is 4.38. The first-order valence-corrected chi connectivity index (χ1v) is 7.90. The molecule has 3 rings (SSSR count). The highest BCUT2D eigenvalue weighted by molar-refractivity contribution is 7.09. The minimum absolute atomic E-state index is 0.171. The van der Waals surface area contributed by atoms with Crippen LogP contribution in [0.4, 0.5) is 0 Å². The van der Waals surface area contributed by atoms with Crippen molar-refractivity contribution in [2.75, 3.05) is 0 Å². The molecule has 0 radical (unpaired) electrons. The fourth-order valence-electron chi connectivity index (χ4n) is 2.16. The van der Waals surface area contributed by atoms with Gasteiger partial charge in [0.2, 0.25) is 5.91 Å². The third kappa shape index (κ3) is 3.38. The molecule has 0 aliphatic heterocycles. The maximum absolute atomic E-state index is 12.5. The summed E-state index contributed by atoms with van der Waals surface area (Å²) in [6.07, 6.45) is 4.43. The Morgan fingerprint density at radius 2 is 2.10 bits per heavy atom. The summed E-state index contributed by atoms with van der Waals surface area (Å²) in [5, 5.41) is 3.65. The first-order valence-electron chi connectivity index (χ1n) is 6.64. The van der Waals surface area contributed by atoms with Crippen molar-refractivity contribution in [3.63, 3.8) is 0 Å². The number of thiazole rings is 1. The van der Waals surface area contributed by atoms with E-state index in [1.807, 2.05) is 34.5 Å². The van der Waals surface area contributed by atoms with Crippen molar-refractivity contribution >= 4 is 28.8 Å². The first kappa shape index (κ1) is 13.6. The van der Waals surface area contributed by atoms with Crippen molar-refractivity contribution in [2.45, 2.75) is 31.8 Å². The molecule has 1 aromatic heterocycles. The summed E-state index contributed by atoms with van der Waals surface area (Å²) >= 11 is 7.46. The highest BCUT2D eigenvalue weighted by Gasteiger charge is 2.32.